The second kappa shape index (κ2) is 4.71. The summed E-state index contributed by atoms with van der Waals surface area (Å²) in [5.74, 6) is -1.05. The van der Waals surface area contributed by atoms with Gasteiger partial charge in [0.2, 0.25) is 5.91 Å². The van der Waals surface area contributed by atoms with Gasteiger partial charge in [0.15, 0.2) is 0 Å². The molecule has 0 aromatic heterocycles. The van der Waals surface area contributed by atoms with Crippen LogP contribution in [0.1, 0.15) is 26.7 Å². The molecule has 1 saturated heterocycles. The fourth-order valence-corrected chi connectivity index (χ4v) is 1.86. The van der Waals surface area contributed by atoms with Crippen LogP contribution in [0.4, 0.5) is 0 Å². The Morgan fingerprint density at radius 1 is 1.56 bits per heavy atom. The molecule has 7 heteroatoms. The monoisotopic (exact) mass is 230 g/mol. The van der Waals surface area contributed by atoms with E-state index < -0.39 is 30.6 Å². The molecule has 1 amide bonds. The number of nitrogens with zero attached hydrogens (tertiary/aromatic N) is 1. The van der Waals surface area contributed by atoms with Crippen LogP contribution in [-0.2, 0) is 4.79 Å². The Hall–Kier alpha value is -0.625. The van der Waals surface area contributed by atoms with Gasteiger partial charge >= 0.3 is 7.12 Å². The largest absolute Gasteiger partial charge is 0.475 e. The maximum atomic E-state index is 11.9. The first-order chi connectivity index (χ1) is 7.25. The minimum atomic E-state index is -1.56. The number of hydrogen-bond donors (Lipinski definition) is 4. The van der Waals surface area contributed by atoms with E-state index in [1.165, 1.54) is 18.7 Å². The van der Waals surface area contributed by atoms with Crippen molar-refractivity contribution < 1.29 is 19.9 Å². The van der Waals surface area contributed by atoms with Gasteiger partial charge in [0, 0.05) is 6.54 Å². The van der Waals surface area contributed by atoms with Crippen molar-refractivity contribution in [3.05, 3.63) is 0 Å². The minimum absolute atomic E-state index is 0.442. The Morgan fingerprint density at radius 3 is 2.56 bits per heavy atom. The summed E-state index contributed by atoms with van der Waals surface area (Å²) in [6.07, 6.45) is 1.26. The molecule has 6 nitrogen and oxygen atoms in total. The molecule has 1 rings (SSSR count). The van der Waals surface area contributed by atoms with Gasteiger partial charge in [-0.15, -0.1) is 0 Å². The Balaban J connectivity index is 2.74. The molecule has 0 bridgehead atoms. The van der Waals surface area contributed by atoms with Gasteiger partial charge in [0.1, 0.15) is 6.04 Å². The number of carbonyl (C=O) groups excluding carboxylic acids is 1. The third-order valence-electron chi connectivity index (χ3n) is 2.95. The zero-order valence-electron chi connectivity index (χ0n) is 9.63. The lowest BCUT2D eigenvalue weighted by Crippen LogP contribution is -2.58. The summed E-state index contributed by atoms with van der Waals surface area (Å²) in [4.78, 5) is 13.3. The Labute approximate surface area is 95.2 Å². The summed E-state index contributed by atoms with van der Waals surface area (Å²) in [7, 11) is -1.56. The van der Waals surface area contributed by atoms with E-state index in [4.69, 9.17) is 15.8 Å². The van der Waals surface area contributed by atoms with Crippen molar-refractivity contribution in [1.82, 2.24) is 4.90 Å². The molecular formula is C9H19BN2O4. The summed E-state index contributed by atoms with van der Waals surface area (Å²) in [5.41, 5.74) is 4.32. The summed E-state index contributed by atoms with van der Waals surface area (Å²) in [5, 5.41) is 27.9. The molecule has 0 spiro atoms. The lowest BCUT2D eigenvalue weighted by atomic mass is 9.77. The SMILES string of the molecule is CC(C)(O)[C@H](N)C(=O)N1CCC[C@H]1B(O)O. The van der Waals surface area contributed by atoms with Gasteiger partial charge in [-0.1, -0.05) is 0 Å². The first kappa shape index (κ1) is 13.4. The molecule has 92 valence electrons. The molecule has 16 heavy (non-hydrogen) atoms. The highest BCUT2D eigenvalue weighted by molar-refractivity contribution is 6.43. The summed E-state index contributed by atoms with van der Waals surface area (Å²) < 4.78 is 0. The van der Waals surface area contributed by atoms with Gasteiger partial charge in [-0.2, -0.15) is 0 Å². The fourth-order valence-electron chi connectivity index (χ4n) is 1.86. The minimum Gasteiger partial charge on any atom is -0.426 e. The number of nitrogens with two attached hydrogens (primary N) is 1. The molecule has 0 saturated carbocycles. The van der Waals surface area contributed by atoms with E-state index in [0.717, 1.165) is 0 Å². The van der Waals surface area contributed by atoms with Gasteiger partial charge in [0.05, 0.1) is 11.5 Å². The topological polar surface area (TPSA) is 107 Å². The first-order valence-corrected chi connectivity index (χ1v) is 5.39. The maximum absolute atomic E-state index is 11.9. The number of carbonyl (C=O) groups is 1. The van der Waals surface area contributed by atoms with Crippen molar-refractivity contribution in [2.24, 2.45) is 5.73 Å². The van der Waals surface area contributed by atoms with Crippen LogP contribution in [-0.4, -0.2) is 57.2 Å². The molecule has 0 radical (unpaired) electrons. The third kappa shape index (κ3) is 2.73. The zero-order valence-corrected chi connectivity index (χ0v) is 9.63. The predicted octanol–water partition coefficient (Wildman–Crippen LogP) is -1.91. The average Bonchev–Trinajstić information content (AvgIpc) is 2.62. The van der Waals surface area contributed by atoms with E-state index >= 15 is 0 Å². The second-order valence-electron chi connectivity index (χ2n) is 4.79. The normalized spacial score (nSPS) is 23.4. The van der Waals surface area contributed by atoms with E-state index in [0.29, 0.717) is 19.4 Å². The molecule has 1 heterocycles. The summed E-state index contributed by atoms with van der Waals surface area (Å²) in [6, 6.07) is -1.05. The molecule has 5 N–H and O–H groups in total. The molecule has 1 aliphatic rings. The van der Waals surface area contributed by atoms with E-state index in [1.54, 1.807) is 0 Å². The van der Waals surface area contributed by atoms with Crippen LogP contribution < -0.4 is 5.73 Å². The molecule has 1 fully saturated rings. The predicted molar refractivity (Wildman–Crippen MR) is 59.2 cm³/mol. The van der Waals surface area contributed by atoms with Crippen molar-refractivity contribution in [3.8, 4) is 0 Å². The van der Waals surface area contributed by atoms with Gasteiger partial charge in [-0.05, 0) is 26.7 Å². The van der Waals surface area contributed by atoms with Crippen LogP contribution in [0.3, 0.4) is 0 Å². The molecule has 2 atom stereocenters. The molecule has 0 aromatic rings. The molecule has 0 aliphatic carbocycles. The lowest BCUT2D eigenvalue weighted by Gasteiger charge is -2.31. The van der Waals surface area contributed by atoms with Crippen molar-refractivity contribution in [2.45, 2.75) is 44.3 Å². The van der Waals surface area contributed by atoms with Crippen LogP contribution in [0.5, 0.6) is 0 Å². The van der Waals surface area contributed by atoms with Gasteiger partial charge < -0.3 is 25.8 Å². The smallest absolute Gasteiger partial charge is 0.426 e. The average molecular weight is 230 g/mol. The lowest BCUT2D eigenvalue weighted by molar-refractivity contribution is -0.137. The van der Waals surface area contributed by atoms with Gasteiger partial charge in [0.25, 0.3) is 0 Å². The number of likely N-dealkylation sites (tertiary alicyclic amines) is 1. The highest BCUT2D eigenvalue weighted by atomic mass is 16.4. The van der Waals surface area contributed by atoms with E-state index in [2.05, 4.69) is 0 Å². The first-order valence-electron chi connectivity index (χ1n) is 5.39. The zero-order chi connectivity index (χ0) is 12.5. The molecular weight excluding hydrogens is 211 g/mol. The molecule has 0 unspecified atom stereocenters. The van der Waals surface area contributed by atoms with E-state index in [-0.39, 0.29) is 0 Å². The van der Waals surface area contributed by atoms with Crippen molar-refractivity contribution in [2.75, 3.05) is 6.54 Å². The number of amides is 1. The maximum Gasteiger partial charge on any atom is 0.475 e. The number of rotatable bonds is 3. The Morgan fingerprint density at radius 2 is 2.12 bits per heavy atom. The van der Waals surface area contributed by atoms with Crippen molar-refractivity contribution in [3.63, 3.8) is 0 Å². The quantitative estimate of drug-likeness (QED) is 0.423. The summed E-state index contributed by atoms with van der Waals surface area (Å²) >= 11 is 0. The highest BCUT2D eigenvalue weighted by Gasteiger charge is 2.41. The summed E-state index contributed by atoms with van der Waals surface area (Å²) in [6.45, 7) is 3.36. The fraction of sp³-hybridized carbons (Fsp3) is 0.889. The van der Waals surface area contributed by atoms with Gasteiger partial charge in [-0.25, -0.2) is 0 Å². The van der Waals surface area contributed by atoms with Crippen LogP contribution in [0.25, 0.3) is 0 Å². The Kier molecular flexibility index (Phi) is 3.95. The van der Waals surface area contributed by atoms with Crippen LogP contribution in [0, 0.1) is 0 Å². The van der Waals surface area contributed by atoms with Crippen molar-refractivity contribution in [1.29, 1.82) is 0 Å². The van der Waals surface area contributed by atoms with Crippen LogP contribution in [0.15, 0.2) is 0 Å². The second-order valence-corrected chi connectivity index (χ2v) is 4.79. The van der Waals surface area contributed by atoms with E-state index in [9.17, 15) is 9.90 Å². The van der Waals surface area contributed by atoms with Crippen LogP contribution >= 0.6 is 0 Å². The number of hydrogen-bond acceptors (Lipinski definition) is 5. The van der Waals surface area contributed by atoms with E-state index in [1.807, 2.05) is 0 Å². The van der Waals surface area contributed by atoms with Crippen LogP contribution in [0.2, 0.25) is 0 Å². The standard InChI is InChI=1S/C9H19BN2O4/c1-9(2,14)7(11)8(13)12-5-3-4-6(12)10(15)16/h6-7,14-16H,3-5,11H2,1-2H3/t6-,7+/m0/s1. The van der Waals surface area contributed by atoms with Gasteiger partial charge in [-0.3, -0.25) is 4.79 Å². The van der Waals surface area contributed by atoms with Crippen molar-refractivity contribution >= 4 is 13.0 Å². The highest BCUT2D eigenvalue weighted by Crippen LogP contribution is 2.21. The molecule has 1 aliphatic heterocycles. The number of aliphatic hydroxyl groups is 1. The molecule has 0 aromatic carbocycles. The Bertz CT molecular complexity index is 267. The third-order valence-corrected chi connectivity index (χ3v) is 2.95.